The largest absolute Gasteiger partial charge is 0.478 e. The van der Waals surface area contributed by atoms with Gasteiger partial charge in [0.15, 0.2) is 0 Å². The molecule has 0 aromatic heterocycles. The molecule has 2 aliphatic carbocycles. The van der Waals surface area contributed by atoms with Crippen molar-refractivity contribution < 1.29 is 19.1 Å². The fourth-order valence-electron chi connectivity index (χ4n) is 3.31. The lowest BCUT2D eigenvalue weighted by molar-refractivity contribution is -0.121. The van der Waals surface area contributed by atoms with Gasteiger partial charge in [0.25, 0.3) is 0 Å². The molecule has 3 rings (SSSR count). The Morgan fingerprint density at radius 1 is 1.32 bits per heavy atom. The highest BCUT2D eigenvalue weighted by atomic mass is 19.1. The Balaban J connectivity index is 1.82. The van der Waals surface area contributed by atoms with Crippen LogP contribution in [0.4, 0.5) is 4.39 Å². The van der Waals surface area contributed by atoms with E-state index >= 15 is 0 Å². The van der Waals surface area contributed by atoms with Crippen LogP contribution >= 0.6 is 0 Å². The van der Waals surface area contributed by atoms with E-state index in [1.165, 1.54) is 6.07 Å². The first-order valence-corrected chi connectivity index (χ1v) is 6.56. The van der Waals surface area contributed by atoms with E-state index in [1.807, 2.05) is 0 Å². The van der Waals surface area contributed by atoms with Crippen LogP contribution in [0.1, 0.15) is 53.9 Å². The summed E-state index contributed by atoms with van der Waals surface area (Å²) in [7, 11) is 0. The Bertz CT molecular complexity index is 555. The van der Waals surface area contributed by atoms with E-state index in [1.54, 1.807) is 6.07 Å². The quantitative estimate of drug-likeness (QED) is 0.890. The molecule has 4 heteroatoms. The Morgan fingerprint density at radius 3 is 2.58 bits per heavy atom. The van der Waals surface area contributed by atoms with Crippen molar-refractivity contribution in [1.29, 1.82) is 0 Å². The van der Waals surface area contributed by atoms with Crippen LogP contribution in [0.5, 0.6) is 0 Å². The summed E-state index contributed by atoms with van der Waals surface area (Å²) in [5, 5.41) is 8.82. The standard InChI is InChI=1S/C15H15FO3/c16-13-7-9(14(18)19)1-2-11(13)12-8-15(12)5-3-10(17)4-6-15/h1-2,7,12H,3-6,8H2,(H,18,19). The summed E-state index contributed by atoms with van der Waals surface area (Å²) in [5.41, 5.74) is 0.688. The molecule has 1 atom stereocenters. The van der Waals surface area contributed by atoms with Crippen molar-refractivity contribution >= 4 is 11.8 Å². The van der Waals surface area contributed by atoms with Gasteiger partial charge in [0, 0.05) is 12.8 Å². The molecule has 0 amide bonds. The van der Waals surface area contributed by atoms with E-state index < -0.39 is 11.8 Å². The van der Waals surface area contributed by atoms with Crippen molar-refractivity contribution in [1.82, 2.24) is 0 Å². The molecular weight excluding hydrogens is 247 g/mol. The first-order chi connectivity index (χ1) is 9.02. The van der Waals surface area contributed by atoms with Crippen LogP contribution < -0.4 is 0 Å². The number of carboxylic acids is 1. The zero-order chi connectivity index (χ0) is 13.6. The lowest BCUT2D eigenvalue weighted by atomic mass is 9.82. The number of benzene rings is 1. The second-order valence-corrected chi connectivity index (χ2v) is 5.70. The average Bonchev–Trinajstić information content (AvgIpc) is 3.07. The molecule has 1 aromatic carbocycles. The van der Waals surface area contributed by atoms with Gasteiger partial charge < -0.3 is 5.11 Å². The number of carbonyl (C=O) groups excluding carboxylic acids is 1. The van der Waals surface area contributed by atoms with Gasteiger partial charge in [0.05, 0.1) is 5.56 Å². The van der Waals surface area contributed by atoms with Crippen LogP contribution in [0, 0.1) is 11.2 Å². The van der Waals surface area contributed by atoms with Gasteiger partial charge in [0.2, 0.25) is 0 Å². The summed E-state index contributed by atoms with van der Waals surface area (Å²) in [4.78, 5) is 22.0. The van der Waals surface area contributed by atoms with Gasteiger partial charge in [0.1, 0.15) is 11.6 Å². The van der Waals surface area contributed by atoms with Gasteiger partial charge >= 0.3 is 5.97 Å². The normalized spacial score (nSPS) is 24.5. The number of carboxylic acid groups (broad SMARTS) is 1. The number of aromatic carboxylic acids is 1. The zero-order valence-electron chi connectivity index (χ0n) is 10.5. The Morgan fingerprint density at radius 2 is 2.00 bits per heavy atom. The average molecular weight is 262 g/mol. The Hall–Kier alpha value is -1.71. The molecule has 1 aromatic rings. The van der Waals surface area contributed by atoms with Crippen LogP contribution in [-0.2, 0) is 4.79 Å². The number of carbonyl (C=O) groups is 2. The predicted octanol–water partition coefficient (Wildman–Crippen LogP) is 3.14. The van der Waals surface area contributed by atoms with E-state index in [2.05, 4.69) is 0 Å². The van der Waals surface area contributed by atoms with Crippen molar-refractivity contribution in [3.05, 3.63) is 35.1 Å². The van der Waals surface area contributed by atoms with Gasteiger partial charge in [-0.3, -0.25) is 4.79 Å². The van der Waals surface area contributed by atoms with Crippen LogP contribution in [-0.4, -0.2) is 16.9 Å². The van der Waals surface area contributed by atoms with Crippen LogP contribution in [0.15, 0.2) is 18.2 Å². The van der Waals surface area contributed by atoms with Gasteiger partial charge in [-0.15, -0.1) is 0 Å². The maximum Gasteiger partial charge on any atom is 0.335 e. The minimum Gasteiger partial charge on any atom is -0.478 e. The molecule has 3 nitrogen and oxygen atoms in total. The third-order valence-electron chi connectivity index (χ3n) is 4.62. The van der Waals surface area contributed by atoms with Gasteiger partial charge in [-0.2, -0.15) is 0 Å². The fraction of sp³-hybridized carbons (Fsp3) is 0.467. The highest BCUT2D eigenvalue weighted by molar-refractivity contribution is 5.87. The minimum absolute atomic E-state index is 0.0187. The summed E-state index contributed by atoms with van der Waals surface area (Å²) in [6.07, 6.45) is 3.81. The predicted molar refractivity (Wildman–Crippen MR) is 66.6 cm³/mol. The smallest absolute Gasteiger partial charge is 0.335 e. The van der Waals surface area contributed by atoms with E-state index in [-0.39, 0.29) is 16.9 Å². The van der Waals surface area contributed by atoms with Gasteiger partial charge in [-0.1, -0.05) is 6.07 Å². The zero-order valence-corrected chi connectivity index (χ0v) is 10.5. The molecule has 1 N–H and O–H groups in total. The summed E-state index contributed by atoms with van der Waals surface area (Å²) >= 11 is 0. The molecule has 100 valence electrons. The molecule has 1 spiro atoms. The lowest BCUT2D eigenvalue weighted by Gasteiger charge is -2.22. The molecule has 0 saturated heterocycles. The van der Waals surface area contributed by atoms with E-state index in [9.17, 15) is 14.0 Å². The number of halogens is 1. The maximum absolute atomic E-state index is 14.0. The molecule has 2 fully saturated rings. The molecule has 0 heterocycles. The molecule has 1 unspecified atom stereocenters. The van der Waals surface area contributed by atoms with Crippen LogP contribution in [0.25, 0.3) is 0 Å². The van der Waals surface area contributed by atoms with Crippen molar-refractivity contribution in [2.24, 2.45) is 5.41 Å². The Labute approximate surface area is 110 Å². The van der Waals surface area contributed by atoms with Crippen molar-refractivity contribution in [2.45, 2.75) is 38.0 Å². The van der Waals surface area contributed by atoms with Crippen molar-refractivity contribution in [3.63, 3.8) is 0 Å². The monoisotopic (exact) mass is 262 g/mol. The topological polar surface area (TPSA) is 54.4 Å². The third kappa shape index (κ3) is 2.05. The third-order valence-corrected chi connectivity index (χ3v) is 4.62. The van der Waals surface area contributed by atoms with Crippen LogP contribution in [0.2, 0.25) is 0 Å². The number of rotatable bonds is 2. The van der Waals surface area contributed by atoms with Crippen molar-refractivity contribution in [2.75, 3.05) is 0 Å². The highest BCUT2D eigenvalue weighted by Gasteiger charge is 2.56. The molecule has 2 saturated carbocycles. The molecule has 0 aliphatic heterocycles. The number of hydrogen-bond donors (Lipinski definition) is 1. The Kier molecular flexibility index (Phi) is 2.69. The number of Topliss-reactive ketones (excluding diaryl/α,β-unsaturated/α-hetero) is 1. The van der Waals surface area contributed by atoms with Crippen LogP contribution in [0.3, 0.4) is 0 Å². The second-order valence-electron chi connectivity index (χ2n) is 5.70. The van der Waals surface area contributed by atoms with E-state index in [0.29, 0.717) is 24.2 Å². The van der Waals surface area contributed by atoms with Crippen molar-refractivity contribution in [3.8, 4) is 0 Å². The molecule has 0 radical (unpaired) electrons. The molecule has 0 bridgehead atoms. The summed E-state index contributed by atoms with van der Waals surface area (Å²) in [6.45, 7) is 0. The lowest BCUT2D eigenvalue weighted by Crippen LogP contribution is -2.16. The van der Waals surface area contributed by atoms with Gasteiger partial charge in [-0.05, 0) is 48.3 Å². The highest BCUT2D eigenvalue weighted by Crippen LogP contribution is 2.66. The van der Waals surface area contributed by atoms with Gasteiger partial charge in [-0.25, -0.2) is 9.18 Å². The number of hydrogen-bond acceptors (Lipinski definition) is 2. The second kappa shape index (κ2) is 4.15. The summed E-state index contributed by atoms with van der Waals surface area (Å²) in [6, 6.07) is 4.15. The minimum atomic E-state index is -1.11. The van der Waals surface area contributed by atoms with E-state index in [4.69, 9.17) is 5.11 Å². The summed E-state index contributed by atoms with van der Waals surface area (Å²) in [5.74, 6) is -1.08. The maximum atomic E-state index is 14.0. The summed E-state index contributed by atoms with van der Waals surface area (Å²) < 4.78 is 14.0. The molecular formula is C15H15FO3. The molecule has 19 heavy (non-hydrogen) atoms. The first kappa shape index (κ1) is 12.3. The first-order valence-electron chi connectivity index (χ1n) is 6.56. The van der Waals surface area contributed by atoms with E-state index in [0.717, 1.165) is 25.3 Å². The number of ketones is 1. The SMILES string of the molecule is O=C1CCC2(CC1)CC2c1ccc(C(=O)O)cc1F. The fourth-order valence-corrected chi connectivity index (χ4v) is 3.31. The molecule has 2 aliphatic rings.